The van der Waals surface area contributed by atoms with E-state index in [9.17, 15) is 4.79 Å². The van der Waals surface area contributed by atoms with E-state index in [0.29, 0.717) is 24.8 Å². The number of rotatable bonds is 4. The molecule has 2 fully saturated rings. The monoisotopic (exact) mass is 370 g/mol. The molecule has 2 aliphatic rings. The second kappa shape index (κ2) is 8.21. The molecule has 2 unspecified atom stereocenters. The first-order valence-corrected chi connectivity index (χ1v) is 9.54. The summed E-state index contributed by atoms with van der Waals surface area (Å²) in [5.74, 6) is -0.151. The van der Waals surface area contributed by atoms with E-state index < -0.39 is 12.4 Å². The van der Waals surface area contributed by atoms with Gasteiger partial charge in [0.05, 0.1) is 24.5 Å². The van der Waals surface area contributed by atoms with E-state index in [4.69, 9.17) is 9.47 Å². The highest BCUT2D eigenvalue weighted by molar-refractivity contribution is 5.94. The van der Waals surface area contributed by atoms with Gasteiger partial charge in [-0.15, -0.1) is 0 Å². The number of hydrogen-bond donors (Lipinski definition) is 1. The van der Waals surface area contributed by atoms with Gasteiger partial charge in [-0.25, -0.2) is 0 Å². The number of ether oxygens (including phenoxy) is 2. The van der Waals surface area contributed by atoms with Crippen molar-refractivity contribution in [2.75, 3.05) is 32.1 Å². The average molecular weight is 370 g/mol. The predicted octanol–water partition coefficient (Wildman–Crippen LogP) is 2.59. The van der Waals surface area contributed by atoms with E-state index in [1.165, 1.54) is 0 Å². The van der Waals surface area contributed by atoms with Crippen molar-refractivity contribution in [1.82, 2.24) is 14.7 Å². The van der Waals surface area contributed by atoms with Crippen LogP contribution < -0.4 is 5.32 Å². The van der Waals surface area contributed by atoms with E-state index in [0.717, 1.165) is 31.5 Å². The molecule has 3 heterocycles. The summed E-state index contributed by atoms with van der Waals surface area (Å²) in [4.78, 5) is 15.0. The lowest BCUT2D eigenvalue weighted by Crippen LogP contribution is -2.37. The summed E-state index contributed by atoms with van der Waals surface area (Å²) in [5.41, 5.74) is 1.63. The van der Waals surface area contributed by atoms with Gasteiger partial charge in [0.15, 0.2) is 6.29 Å². The van der Waals surface area contributed by atoms with Crippen LogP contribution in [0.1, 0.15) is 37.2 Å². The minimum Gasteiger partial charge on any atom is -0.348 e. The van der Waals surface area contributed by atoms with E-state index in [2.05, 4.69) is 22.4 Å². The van der Waals surface area contributed by atoms with Crippen molar-refractivity contribution in [1.29, 1.82) is 0 Å². The Morgan fingerprint density at radius 1 is 1.19 bits per heavy atom. The third-order valence-electron chi connectivity index (χ3n) is 5.23. The zero-order chi connectivity index (χ0) is 18.6. The van der Waals surface area contributed by atoms with Crippen LogP contribution in [0.25, 0.3) is 0 Å². The summed E-state index contributed by atoms with van der Waals surface area (Å²) in [5, 5.41) is 7.38. The second-order valence-electron chi connectivity index (χ2n) is 7.26. The Morgan fingerprint density at radius 2 is 1.96 bits per heavy atom. The van der Waals surface area contributed by atoms with E-state index in [1.54, 1.807) is 6.20 Å². The van der Waals surface area contributed by atoms with E-state index >= 15 is 0 Å². The zero-order valence-corrected chi connectivity index (χ0v) is 15.6. The summed E-state index contributed by atoms with van der Waals surface area (Å²) in [6, 6.07) is 10.1. The molecule has 1 aromatic carbocycles. The van der Waals surface area contributed by atoms with Gasteiger partial charge in [0.2, 0.25) is 0 Å². The number of piperidine rings is 1. The number of carbonyl (C=O) groups excluding carboxylic acids is 1. The number of nitrogens with zero attached hydrogens (tertiary/aromatic N) is 3. The summed E-state index contributed by atoms with van der Waals surface area (Å²) in [6.07, 6.45) is 5.29. The second-order valence-corrected chi connectivity index (χ2v) is 7.26. The Balaban J connectivity index is 1.35. The number of hydrogen-bond acceptors (Lipinski definition) is 5. The van der Waals surface area contributed by atoms with E-state index in [-0.39, 0.29) is 5.91 Å². The number of likely N-dealkylation sites (tertiary alicyclic amines) is 1. The maximum Gasteiger partial charge on any atom is 0.253 e. The number of anilines is 1. The van der Waals surface area contributed by atoms with Crippen molar-refractivity contribution in [3.8, 4) is 0 Å². The molecule has 2 aromatic rings. The number of nitrogens with one attached hydrogen (secondary N) is 1. The lowest BCUT2D eigenvalue weighted by Gasteiger charge is -2.29. The van der Waals surface area contributed by atoms with Crippen LogP contribution in [0.2, 0.25) is 0 Å². The van der Waals surface area contributed by atoms with Gasteiger partial charge in [0, 0.05) is 18.2 Å². The molecule has 7 heteroatoms. The highest BCUT2D eigenvalue weighted by Gasteiger charge is 2.29. The molecule has 4 rings (SSSR count). The summed E-state index contributed by atoms with van der Waals surface area (Å²) < 4.78 is 13.5. The minimum atomic E-state index is -0.532. The molecule has 2 aliphatic heterocycles. The SMILES string of the molecule is CN1CCC(n2cc(NC(=O)C3CCOC(c4ccccc4)O3)cn2)CC1. The standard InChI is InChI=1S/C20H26N4O3/c1-23-10-7-17(8-11-23)24-14-16(13-21-24)22-19(25)18-9-12-26-20(27-18)15-5-3-2-4-6-15/h2-6,13-14,17-18,20H,7-12H2,1H3,(H,22,25). The molecular weight excluding hydrogens is 344 g/mol. The van der Waals surface area contributed by atoms with Crippen LogP contribution in [0, 0.1) is 0 Å². The van der Waals surface area contributed by atoms with Gasteiger partial charge in [0.25, 0.3) is 5.91 Å². The third kappa shape index (κ3) is 4.37. The smallest absolute Gasteiger partial charge is 0.253 e. The van der Waals surface area contributed by atoms with Crippen molar-refractivity contribution in [3.63, 3.8) is 0 Å². The molecule has 1 amide bonds. The van der Waals surface area contributed by atoms with Gasteiger partial charge in [-0.2, -0.15) is 5.10 Å². The number of amides is 1. The van der Waals surface area contributed by atoms with Crippen molar-refractivity contribution in [3.05, 3.63) is 48.3 Å². The molecule has 144 valence electrons. The normalized spacial score (nSPS) is 24.6. The van der Waals surface area contributed by atoms with Crippen LogP contribution >= 0.6 is 0 Å². The van der Waals surface area contributed by atoms with E-state index in [1.807, 2.05) is 41.2 Å². The Labute approximate surface area is 159 Å². The highest BCUT2D eigenvalue weighted by atomic mass is 16.7. The van der Waals surface area contributed by atoms with Crippen LogP contribution in [0.3, 0.4) is 0 Å². The Morgan fingerprint density at radius 3 is 2.74 bits per heavy atom. The molecule has 0 aliphatic carbocycles. The van der Waals surface area contributed by atoms with Gasteiger partial charge in [0.1, 0.15) is 6.10 Å². The third-order valence-corrected chi connectivity index (χ3v) is 5.23. The Kier molecular flexibility index (Phi) is 5.52. The van der Waals surface area contributed by atoms with Gasteiger partial charge in [-0.05, 0) is 33.0 Å². The minimum absolute atomic E-state index is 0.151. The first kappa shape index (κ1) is 18.2. The van der Waals surface area contributed by atoms with Gasteiger partial charge >= 0.3 is 0 Å². The Hall–Kier alpha value is -2.22. The summed E-state index contributed by atoms with van der Waals surface area (Å²) in [6.45, 7) is 2.64. The topological polar surface area (TPSA) is 68.6 Å². The highest BCUT2D eigenvalue weighted by Crippen LogP contribution is 2.27. The first-order chi connectivity index (χ1) is 13.2. The molecule has 1 N–H and O–H groups in total. The number of benzene rings is 1. The van der Waals surface area contributed by atoms with Crippen LogP contribution in [-0.4, -0.2) is 53.4 Å². The zero-order valence-electron chi connectivity index (χ0n) is 15.6. The van der Waals surface area contributed by atoms with Crippen LogP contribution in [0.15, 0.2) is 42.7 Å². The number of carbonyl (C=O) groups is 1. The molecule has 7 nitrogen and oxygen atoms in total. The molecule has 1 aromatic heterocycles. The quantitative estimate of drug-likeness (QED) is 0.896. The van der Waals surface area contributed by atoms with Crippen molar-refractivity contribution in [2.24, 2.45) is 0 Å². The summed E-state index contributed by atoms with van der Waals surface area (Å²) in [7, 11) is 2.14. The lowest BCUT2D eigenvalue weighted by atomic mass is 10.1. The maximum atomic E-state index is 12.6. The van der Waals surface area contributed by atoms with Crippen LogP contribution in [0.4, 0.5) is 5.69 Å². The predicted molar refractivity (Wildman–Crippen MR) is 101 cm³/mol. The van der Waals surface area contributed by atoms with Gasteiger partial charge in [-0.1, -0.05) is 30.3 Å². The van der Waals surface area contributed by atoms with Crippen molar-refractivity contribution in [2.45, 2.75) is 37.7 Å². The number of aromatic nitrogens is 2. The lowest BCUT2D eigenvalue weighted by molar-refractivity contribution is -0.214. The fraction of sp³-hybridized carbons (Fsp3) is 0.500. The Bertz CT molecular complexity index is 756. The first-order valence-electron chi connectivity index (χ1n) is 9.54. The van der Waals surface area contributed by atoms with Crippen LogP contribution in [0.5, 0.6) is 0 Å². The molecule has 0 saturated carbocycles. The van der Waals surface area contributed by atoms with Gasteiger partial charge in [-0.3, -0.25) is 9.48 Å². The molecule has 0 bridgehead atoms. The molecule has 2 saturated heterocycles. The molecule has 2 atom stereocenters. The largest absolute Gasteiger partial charge is 0.348 e. The fourth-order valence-corrected chi connectivity index (χ4v) is 3.60. The van der Waals surface area contributed by atoms with Gasteiger partial charge < -0.3 is 19.7 Å². The molecule has 0 spiro atoms. The molecular formula is C20H26N4O3. The van der Waals surface area contributed by atoms with Crippen molar-refractivity contribution >= 4 is 11.6 Å². The maximum absolute atomic E-state index is 12.6. The van der Waals surface area contributed by atoms with Crippen molar-refractivity contribution < 1.29 is 14.3 Å². The molecule has 27 heavy (non-hydrogen) atoms. The molecule has 0 radical (unpaired) electrons. The fourth-order valence-electron chi connectivity index (χ4n) is 3.60. The van der Waals surface area contributed by atoms with Crippen LogP contribution in [-0.2, 0) is 14.3 Å². The summed E-state index contributed by atoms with van der Waals surface area (Å²) >= 11 is 0. The average Bonchev–Trinajstić information content (AvgIpc) is 3.18.